The molecule has 0 bridgehead atoms. The quantitative estimate of drug-likeness (QED) is 0.282. The summed E-state index contributed by atoms with van der Waals surface area (Å²) in [6.07, 6.45) is 3.63. The number of piperidine rings is 1. The molecule has 1 aliphatic rings. The van der Waals surface area contributed by atoms with Crippen LogP contribution in [0.1, 0.15) is 53.1 Å². The Morgan fingerprint density at radius 3 is 2.41 bits per heavy atom. The molecule has 1 fully saturated rings. The fourth-order valence-corrected chi connectivity index (χ4v) is 4.82. The summed E-state index contributed by atoms with van der Waals surface area (Å²) < 4.78 is 0. The van der Waals surface area contributed by atoms with Crippen molar-refractivity contribution in [2.24, 2.45) is 11.1 Å². The molecule has 1 saturated heterocycles. The van der Waals surface area contributed by atoms with Gasteiger partial charge in [-0.3, -0.25) is 9.78 Å². The summed E-state index contributed by atoms with van der Waals surface area (Å²) in [5.74, 6) is -0.914. The summed E-state index contributed by atoms with van der Waals surface area (Å²) >= 11 is 0. The van der Waals surface area contributed by atoms with Gasteiger partial charge in [-0.15, -0.1) is 0 Å². The second kappa shape index (κ2) is 10.5. The average molecular weight is 458 g/mol. The highest BCUT2D eigenvalue weighted by Crippen LogP contribution is 2.33. The van der Waals surface area contributed by atoms with Gasteiger partial charge < -0.3 is 15.2 Å². The number of rotatable bonds is 7. The fraction of sp³-hybridized carbons (Fsp3) is 0.321. The Morgan fingerprint density at radius 2 is 1.79 bits per heavy atom. The molecule has 1 aromatic heterocycles. The average Bonchev–Trinajstić information content (AvgIpc) is 2.86. The molecule has 34 heavy (non-hydrogen) atoms. The van der Waals surface area contributed by atoms with Crippen molar-refractivity contribution in [3.8, 4) is 0 Å². The normalized spacial score (nSPS) is 15.8. The number of carboxylic acid groups (broad SMARTS) is 1. The maximum absolute atomic E-state index is 11.3. The number of nitrogens with zero attached hydrogens (tertiary/aromatic N) is 3. The van der Waals surface area contributed by atoms with Crippen LogP contribution in [0.15, 0.2) is 72.0 Å². The van der Waals surface area contributed by atoms with Crippen molar-refractivity contribution in [1.82, 2.24) is 4.98 Å². The highest BCUT2D eigenvalue weighted by molar-refractivity contribution is 6.01. The molecule has 2 heterocycles. The first-order valence-corrected chi connectivity index (χ1v) is 11.7. The molecule has 0 saturated carbocycles. The van der Waals surface area contributed by atoms with Gasteiger partial charge in [0.2, 0.25) is 0 Å². The number of hydrogen-bond donors (Lipinski definition) is 2. The van der Waals surface area contributed by atoms with E-state index in [0.29, 0.717) is 25.0 Å². The van der Waals surface area contributed by atoms with E-state index in [4.69, 9.17) is 0 Å². The zero-order chi connectivity index (χ0) is 24.1. The van der Waals surface area contributed by atoms with Crippen LogP contribution in [0.4, 0.5) is 5.69 Å². The molecule has 0 aliphatic carbocycles. The van der Waals surface area contributed by atoms with E-state index in [-0.39, 0.29) is 11.8 Å². The molecule has 6 nitrogen and oxygen atoms in total. The molecule has 2 N–H and O–H groups in total. The summed E-state index contributed by atoms with van der Waals surface area (Å²) in [6.45, 7) is 5.53. The molecule has 176 valence electrons. The lowest BCUT2D eigenvalue weighted by Gasteiger charge is -2.32. The van der Waals surface area contributed by atoms with Gasteiger partial charge in [0.15, 0.2) is 0 Å². The molecule has 3 aromatic rings. The van der Waals surface area contributed by atoms with E-state index < -0.39 is 5.97 Å². The van der Waals surface area contributed by atoms with Crippen LogP contribution < -0.4 is 4.90 Å². The number of hydrogen-bond acceptors (Lipinski definition) is 5. The zero-order valence-electron chi connectivity index (χ0n) is 19.7. The molecule has 0 amide bonds. The number of aromatic nitrogens is 1. The van der Waals surface area contributed by atoms with Gasteiger partial charge in [-0.05, 0) is 67.6 Å². The number of aryl methyl sites for hydroxylation is 2. The van der Waals surface area contributed by atoms with E-state index in [2.05, 4.69) is 58.4 Å². The molecular formula is C28H31N3O3. The second-order valence-corrected chi connectivity index (χ2v) is 9.04. The van der Waals surface area contributed by atoms with Crippen LogP contribution in [0.3, 0.4) is 0 Å². The van der Waals surface area contributed by atoms with Gasteiger partial charge >= 0.3 is 5.97 Å². The highest BCUT2D eigenvalue weighted by atomic mass is 16.4. The molecule has 1 atom stereocenters. The standard InChI is InChI=1S/C28H31N3O3/c1-19-5-3-4-6-25(19)26(18-27(30-34)23-11-14-29-20(2)17-23)21-7-9-24(10-8-21)31-15-12-22(13-16-31)28(32)33/h3-11,14,17,22,26,34H,12-13,15-16,18H2,1-2H3,(H,32,33)/t26-/m0/s1. The van der Waals surface area contributed by atoms with Crippen molar-refractivity contribution < 1.29 is 15.1 Å². The van der Waals surface area contributed by atoms with Gasteiger partial charge in [0.1, 0.15) is 0 Å². The zero-order valence-corrected chi connectivity index (χ0v) is 19.7. The van der Waals surface area contributed by atoms with Gasteiger partial charge in [0.25, 0.3) is 0 Å². The summed E-state index contributed by atoms with van der Waals surface area (Å²) in [7, 11) is 0. The Balaban J connectivity index is 1.61. The lowest BCUT2D eigenvalue weighted by atomic mass is 9.83. The number of pyridine rings is 1. The molecule has 0 unspecified atom stereocenters. The van der Waals surface area contributed by atoms with Crippen LogP contribution in [0, 0.1) is 19.8 Å². The van der Waals surface area contributed by atoms with E-state index in [1.807, 2.05) is 31.2 Å². The van der Waals surface area contributed by atoms with Crippen LogP contribution >= 0.6 is 0 Å². The van der Waals surface area contributed by atoms with Gasteiger partial charge in [-0.25, -0.2) is 0 Å². The molecule has 4 rings (SSSR count). The lowest BCUT2D eigenvalue weighted by molar-refractivity contribution is -0.142. The third-order valence-corrected chi connectivity index (χ3v) is 6.82. The Morgan fingerprint density at radius 1 is 1.09 bits per heavy atom. The van der Waals surface area contributed by atoms with E-state index in [1.165, 1.54) is 11.1 Å². The van der Waals surface area contributed by atoms with Crippen molar-refractivity contribution in [2.45, 2.75) is 39.0 Å². The summed E-state index contributed by atoms with van der Waals surface area (Å²) in [5, 5.41) is 22.8. The molecule has 6 heteroatoms. The molecule has 1 aliphatic heterocycles. The van der Waals surface area contributed by atoms with Crippen LogP contribution in [0.5, 0.6) is 0 Å². The first kappa shape index (κ1) is 23.5. The molecule has 2 aromatic carbocycles. The number of aliphatic carboxylic acids is 1. The minimum atomic E-state index is -0.693. The van der Waals surface area contributed by atoms with Crippen molar-refractivity contribution in [3.63, 3.8) is 0 Å². The molecule has 0 radical (unpaired) electrons. The summed E-state index contributed by atoms with van der Waals surface area (Å²) in [4.78, 5) is 17.8. The minimum absolute atomic E-state index is 0.0207. The Bertz CT molecular complexity index is 1170. The van der Waals surface area contributed by atoms with Crippen LogP contribution in [-0.2, 0) is 4.79 Å². The van der Waals surface area contributed by atoms with E-state index in [1.54, 1.807) is 6.20 Å². The van der Waals surface area contributed by atoms with Gasteiger partial charge in [0.05, 0.1) is 11.6 Å². The Labute approximate surface area is 200 Å². The van der Waals surface area contributed by atoms with Gasteiger partial charge in [-0.1, -0.05) is 41.6 Å². The second-order valence-electron chi connectivity index (χ2n) is 9.04. The third-order valence-electron chi connectivity index (χ3n) is 6.82. The minimum Gasteiger partial charge on any atom is -0.481 e. The van der Waals surface area contributed by atoms with E-state index in [0.717, 1.165) is 35.6 Å². The predicted molar refractivity (Wildman–Crippen MR) is 134 cm³/mol. The number of anilines is 1. The molecule has 0 spiro atoms. The van der Waals surface area contributed by atoms with Crippen molar-refractivity contribution >= 4 is 17.4 Å². The summed E-state index contributed by atoms with van der Waals surface area (Å²) in [5.41, 5.74) is 7.01. The highest BCUT2D eigenvalue weighted by Gasteiger charge is 2.25. The lowest BCUT2D eigenvalue weighted by Crippen LogP contribution is -2.36. The first-order valence-electron chi connectivity index (χ1n) is 11.7. The van der Waals surface area contributed by atoms with Crippen LogP contribution in [-0.4, -0.2) is 40.1 Å². The predicted octanol–water partition coefficient (Wildman–Crippen LogP) is 5.40. The third kappa shape index (κ3) is 5.28. The SMILES string of the molecule is Cc1cc(C(C[C@@H](c2ccc(N3CCC(C(=O)O)CC3)cc2)c2ccccc2C)=NO)ccn1. The number of benzene rings is 2. The first-order chi connectivity index (χ1) is 16.5. The summed E-state index contributed by atoms with van der Waals surface area (Å²) in [6, 6.07) is 20.7. The number of carbonyl (C=O) groups is 1. The number of carboxylic acids is 1. The van der Waals surface area contributed by atoms with Crippen molar-refractivity contribution in [1.29, 1.82) is 0 Å². The number of oxime groups is 1. The maximum atomic E-state index is 11.3. The smallest absolute Gasteiger partial charge is 0.306 e. The van der Waals surface area contributed by atoms with Crippen molar-refractivity contribution in [3.05, 3.63) is 94.8 Å². The van der Waals surface area contributed by atoms with Gasteiger partial charge in [-0.2, -0.15) is 0 Å². The Hall–Kier alpha value is -3.67. The van der Waals surface area contributed by atoms with E-state index in [9.17, 15) is 15.1 Å². The fourth-order valence-electron chi connectivity index (χ4n) is 4.82. The van der Waals surface area contributed by atoms with Crippen molar-refractivity contribution in [2.75, 3.05) is 18.0 Å². The molecular weight excluding hydrogens is 426 g/mol. The Kier molecular flexibility index (Phi) is 7.26. The maximum Gasteiger partial charge on any atom is 0.306 e. The van der Waals surface area contributed by atoms with Crippen LogP contribution in [0.2, 0.25) is 0 Å². The monoisotopic (exact) mass is 457 g/mol. The van der Waals surface area contributed by atoms with Crippen LogP contribution in [0.25, 0.3) is 0 Å². The topological polar surface area (TPSA) is 86.0 Å². The van der Waals surface area contributed by atoms with E-state index >= 15 is 0 Å². The van der Waals surface area contributed by atoms with Gasteiger partial charge in [0, 0.05) is 48.6 Å². The largest absolute Gasteiger partial charge is 0.481 e.